The first-order valence-electron chi connectivity index (χ1n) is 11.8. The van der Waals surface area contributed by atoms with Crippen molar-refractivity contribution in [1.82, 2.24) is 10.2 Å². The summed E-state index contributed by atoms with van der Waals surface area (Å²) in [4.78, 5) is 26.0. The first-order valence-corrected chi connectivity index (χ1v) is 11.8. The van der Waals surface area contributed by atoms with Gasteiger partial charge in [0.15, 0.2) is 5.82 Å². The highest BCUT2D eigenvalue weighted by Gasteiger charge is 2.44. The van der Waals surface area contributed by atoms with Crippen LogP contribution in [0.5, 0.6) is 0 Å². The lowest BCUT2D eigenvalue weighted by Crippen LogP contribution is -2.52. The molecular formula is C27H30F4N4O3. The topological polar surface area (TPSA) is 98.3 Å². The van der Waals surface area contributed by atoms with E-state index in [2.05, 4.69) is 15.5 Å². The van der Waals surface area contributed by atoms with Gasteiger partial charge >= 0.3 is 12.0 Å². The number of rotatable bonds is 7. The number of aliphatic hydroxyl groups is 1. The van der Waals surface area contributed by atoms with Gasteiger partial charge in [0.1, 0.15) is 17.7 Å². The van der Waals surface area contributed by atoms with Crippen molar-refractivity contribution in [2.45, 2.75) is 64.5 Å². The number of nitrogens with zero attached hydrogens (tertiary/aromatic N) is 2. The molecule has 2 amide bonds. The molecule has 0 spiro atoms. The van der Waals surface area contributed by atoms with E-state index >= 15 is 0 Å². The summed E-state index contributed by atoms with van der Waals surface area (Å²) < 4.78 is 54.9. The van der Waals surface area contributed by atoms with Crippen molar-refractivity contribution >= 4 is 23.3 Å². The number of H-pyrrole nitrogens is 1. The molecule has 1 unspecified atom stereocenters. The molecule has 2 aromatic carbocycles. The lowest BCUT2D eigenvalue weighted by atomic mass is 9.81. The molecule has 3 rings (SSSR count). The second-order valence-corrected chi connectivity index (χ2v) is 10.6. The van der Waals surface area contributed by atoms with Crippen LogP contribution < -0.4 is 10.2 Å². The molecule has 0 radical (unpaired) electrons. The zero-order valence-electron chi connectivity index (χ0n) is 21.9. The highest BCUT2D eigenvalue weighted by Crippen LogP contribution is 2.33. The van der Waals surface area contributed by atoms with Crippen LogP contribution in [0, 0.1) is 11.6 Å². The summed E-state index contributed by atoms with van der Waals surface area (Å²) in [5, 5.41) is 18.3. The maximum Gasteiger partial charge on any atom is 0.434 e. The van der Waals surface area contributed by atoms with Gasteiger partial charge < -0.3 is 10.4 Å². The lowest BCUT2D eigenvalue weighted by Gasteiger charge is -2.30. The molecule has 0 saturated carbocycles. The van der Waals surface area contributed by atoms with Crippen LogP contribution in [0.25, 0.3) is 0 Å². The van der Waals surface area contributed by atoms with Gasteiger partial charge in [-0.1, -0.05) is 46.8 Å². The van der Waals surface area contributed by atoms with E-state index in [4.69, 9.17) is 5.11 Å². The molecule has 1 atom stereocenters. The maximum absolute atomic E-state index is 13.8. The standard InChI is InChI=1S/C27H30F4N4O3/c1-15(35(24(37)27(30,31)38)20-9-7-16(8-10-20)25(2,3)4)23(36)32-22-14-21(33-34-22)26(5,6)17-11-18(28)13-19(29)12-17/h7-15,38H,1-6H3,(H2,32,33,34,36). The number of alkyl halides is 2. The second-order valence-electron chi connectivity index (χ2n) is 10.6. The van der Waals surface area contributed by atoms with Gasteiger partial charge in [-0.2, -0.15) is 13.9 Å². The van der Waals surface area contributed by atoms with Crippen LogP contribution in [0.1, 0.15) is 58.4 Å². The number of benzene rings is 2. The van der Waals surface area contributed by atoms with E-state index in [1.807, 2.05) is 20.8 Å². The minimum absolute atomic E-state index is 0.00645. The van der Waals surface area contributed by atoms with Gasteiger partial charge in [0.2, 0.25) is 5.91 Å². The molecule has 11 heteroatoms. The minimum Gasteiger partial charge on any atom is -0.328 e. The van der Waals surface area contributed by atoms with Crippen LogP contribution in [0.3, 0.4) is 0 Å². The largest absolute Gasteiger partial charge is 0.434 e. The van der Waals surface area contributed by atoms with E-state index in [0.717, 1.165) is 11.6 Å². The molecule has 0 bridgehead atoms. The van der Waals surface area contributed by atoms with Crippen molar-refractivity contribution in [3.8, 4) is 0 Å². The summed E-state index contributed by atoms with van der Waals surface area (Å²) in [6, 6.07) is 9.17. The summed E-state index contributed by atoms with van der Waals surface area (Å²) in [5.74, 6) is -4.35. The highest BCUT2D eigenvalue weighted by molar-refractivity contribution is 6.06. The fraction of sp³-hybridized carbons (Fsp3) is 0.370. The minimum atomic E-state index is -4.72. The monoisotopic (exact) mass is 534 g/mol. The number of carbonyl (C=O) groups excluding carboxylic acids is 2. The number of hydrogen-bond acceptors (Lipinski definition) is 4. The molecule has 0 aliphatic rings. The molecule has 0 aliphatic heterocycles. The van der Waals surface area contributed by atoms with E-state index in [-0.39, 0.29) is 16.9 Å². The number of anilines is 2. The average molecular weight is 535 g/mol. The number of halogens is 4. The van der Waals surface area contributed by atoms with E-state index in [9.17, 15) is 27.2 Å². The van der Waals surface area contributed by atoms with Gasteiger partial charge in [0.25, 0.3) is 0 Å². The van der Waals surface area contributed by atoms with Crippen LogP contribution in [-0.2, 0) is 20.4 Å². The lowest BCUT2D eigenvalue weighted by molar-refractivity contribution is -0.202. The first kappa shape index (κ1) is 28.8. The Morgan fingerprint density at radius 2 is 1.50 bits per heavy atom. The van der Waals surface area contributed by atoms with Crippen LogP contribution in [-0.4, -0.2) is 39.3 Å². The number of hydrogen-bond donors (Lipinski definition) is 3. The predicted octanol–water partition coefficient (Wildman–Crippen LogP) is 5.26. The van der Waals surface area contributed by atoms with Crippen molar-refractivity contribution in [3.05, 3.63) is 77.0 Å². The SMILES string of the molecule is CC(C(=O)Nc1cc(C(C)(C)c2cc(F)cc(F)c2)[nH]n1)N(C(=O)C(O)(F)F)c1ccc(C(C)(C)C)cc1. The van der Waals surface area contributed by atoms with Crippen molar-refractivity contribution < 1.29 is 32.3 Å². The number of carbonyl (C=O) groups is 2. The first-order chi connectivity index (χ1) is 17.4. The second kappa shape index (κ2) is 10.2. The molecular weight excluding hydrogens is 504 g/mol. The number of aromatic amines is 1. The fourth-order valence-corrected chi connectivity index (χ4v) is 3.91. The van der Waals surface area contributed by atoms with Crippen molar-refractivity contribution in [2.24, 2.45) is 0 Å². The van der Waals surface area contributed by atoms with Crippen LogP contribution in [0.4, 0.5) is 29.1 Å². The van der Waals surface area contributed by atoms with Crippen molar-refractivity contribution in [2.75, 3.05) is 10.2 Å². The van der Waals surface area contributed by atoms with Gasteiger partial charge in [-0.15, -0.1) is 0 Å². The Kier molecular flexibility index (Phi) is 7.74. The summed E-state index contributed by atoms with van der Waals surface area (Å²) in [6.45, 7) is 10.5. The molecule has 38 heavy (non-hydrogen) atoms. The maximum atomic E-state index is 13.8. The zero-order valence-corrected chi connectivity index (χ0v) is 21.9. The van der Waals surface area contributed by atoms with E-state index in [0.29, 0.717) is 16.2 Å². The molecule has 204 valence electrons. The van der Waals surface area contributed by atoms with Crippen LogP contribution >= 0.6 is 0 Å². The molecule has 3 aromatic rings. The third-order valence-electron chi connectivity index (χ3n) is 6.34. The van der Waals surface area contributed by atoms with Gasteiger partial charge in [-0.25, -0.2) is 8.78 Å². The Hall–Kier alpha value is -3.73. The summed E-state index contributed by atoms with van der Waals surface area (Å²) in [7, 11) is 0. The van der Waals surface area contributed by atoms with Gasteiger partial charge in [-0.05, 0) is 47.7 Å². The van der Waals surface area contributed by atoms with Crippen LogP contribution in [0.15, 0.2) is 48.5 Å². The zero-order chi connectivity index (χ0) is 28.6. The highest BCUT2D eigenvalue weighted by atomic mass is 19.3. The Balaban J connectivity index is 1.87. The Labute approximate surface area is 217 Å². The van der Waals surface area contributed by atoms with Crippen LogP contribution in [0.2, 0.25) is 0 Å². The summed E-state index contributed by atoms with van der Waals surface area (Å²) >= 11 is 0. The quantitative estimate of drug-likeness (QED) is 0.361. The average Bonchev–Trinajstić information content (AvgIpc) is 3.27. The Morgan fingerprint density at radius 1 is 0.947 bits per heavy atom. The Bertz CT molecular complexity index is 1310. The molecule has 7 nitrogen and oxygen atoms in total. The summed E-state index contributed by atoms with van der Waals surface area (Å²) in [5.41, 5.74) is 0.367. The smallest absolute Gasteiger partial charge is 0.328 e. The number of nitrogens with one attached hydrogen (secondary N) is 2. The third-order valence-corrected chi connectivity index (χ3v) is 6.34. The van der Waals surface area contributed by atoms with E-state index < -0.39 is 41.0 Å². The van der Waals surface area contributed by atoms with Gasteiger partial charge in [0, 0.05) is 28.9 Å². The fourth-order valence-electron chi connectivity index (χ4n) is 3.91. The number of amides is 2. The molecule has 1 heterocycles. The van der Waals surface area contributed by atoms with Gasteiger partial charge in [-0.3, -0.25) is 19.6 Å². The predicted molar refractivity (Wildman–Crippen MR) is 135 cm³/mol. The molecule has 1 aromatic heterocycles. The molecule has 0 saturated heterocycles. The molecule has 0 fully saturated rings. The third kappa shape index (κ3) is 6.21. The van der Waals surface area contributed by atoms with E-state index in [1.54, 1.807) is 26.0 Å². The molecule has 3 N–H and O–H groups in total. The number of aromatic nitrogens is 2. The Morgan fingerprint density at radius 3 is 2.00 bits per heavy atom. The van der Waals surface area contributed by atoms with Crippen molar-refractivity contribution in [3.63, 3.8) is 0 Å². The van der Waals surface area contributed by atoms with E-state index in [1.165, 1.54) is 37.3 Å². The summed E-state index contributed by atoms with van der Waals surface area (Å²) in [6.07, 6.45) is -4.72. The van der Waals surface area contributed by atoms with Crippen molar-refractivity contribution in [1.29, 1.82) is 0 Å². The molecule has 0 aliphatic carbocycles. The normalized spacial score (nSPS) is 13.2. The van der Waals surface area contributed by atoms with Gasteiger partial charge in [0.05, 0.1) is 0 Å².